The summed E-state index contributed by atoms with van der Waals surface area (Å²) in [4.78, 5) is 38.3. The lowest BCUT2D eigenvalue weighted by Gasteiger charge is -2.18. The average molecular weight is 1140 g/mol. The molecule has 6 heteroatoms. The maximum atomic E-state index is 12.9. The molecule has 0 N–H and O–H groups in total. The molecule has 1 unspecified atom stereocenters. The Hall–Kier alpha value is -2.37. The minimum atomic E-state index is -0.778. The van der Waals surface area contributed by atoms with Crippen molar-refractivity contribution >= 4 is 17.9 Å². The van der Waals surface area contributed by atoms with Crippen LogP contribution in [-0.4, -0.2) is 37.2 Å². The van der Waals surface area contributed by atoms with Crippen LogP contribution in [0.25, 0.3) is 0 Å². The van der Waals surface area contributed by atoms with E-state index < -0.39 is 6.10 Å². The van der Waals surface area contributed by atoms with Gasteiger partial charge in [0.25, 0.3) is 0 Å². The highest BCUT2D eigenvalue weighted by molar-refractivity contribution is 5.71. The van der Waals surface area contributed by atoms with Gasteiger partial charge in [-0.15, -0.1) is 0 Å². The standard InChI is InChI=1S/C75H140O6/c1-4-7-10-13-16-19-22-24-26-28-30-31-32-33-34-35-36-37-38-39-40-41-42-43-44-45-47-48-50-53-56-59-62-65-68-74(77)80-71-72(70-79-73(76)67-64-61-58-55-52-21-18-15-12-9-6-3)81-75(78)69-66-63-60-57-54-51-49-46-29-27-25-23-20-17-14-11-8-5-2/h15,18,20,23,27,29,72H,4-14,16-17,19,21-22,24-26,28,30-71H2,1-3H3/b18-15-,23-20-,29-27-. The van der Waals surface area contributed by atoms with Crippen LogP contribution in [0.3, 0.4) is 0 Å². The van der Waals surface area contributed by atoms with E-state index in [2.05, 4.69) is 57.2 Å². The zero-order valence-electron chi connectivity index (χ0n) is 54.8. The predicted octanol–water partition coefficient (Wildman–Crippen LogP) is 25.1. The van der Waals surface area contributed by atoms with Crippen molar-refractivity contribution in [2.45, 2.75) is 412 Å². The number of hydrogen-bond acceptors (Lipinski definition) is 6. The summed E-state index contributed by atoms with van der Waals surface area (Å²) in [5.74, 6) is -0.868. The molecule has 0 radical (unpaired) electrons. The van der Waals surface area contributed by atoms with Crippen molar-refractivity contribution in [1.82, 2.24) is 0 Å². The maximum Gasteiger partial charge on any atom is 0.306 e. The van der Waals surface area contributed by atoms with Crippen molar-refractivity contribution in [3.63, 3.8) is 0 Å². The molecule has 0 aromatic rings. The van der Waals surface area contributed by atoms with Gasteiger partial charge in [0.05, 0.1) is 0 Å². The predicted molar refractivity (Wildman–Crippen MR) is 353 cm³/mol. The molecule has 0 aromatic heterocycles. The topological polar surface area (TPSA) is 78.9 Å². The SMILES string of the molecule is CCCC/C=C\CCCCCCCC(=O)OCC(COC(=O)CCCCCCCCCCCCCCCCCCCCCCCCCCCCCCCCCCCC)OC(=O)CCCCCCCCC/C=C\C/C=C\CCCCCC. The van der Waals surface area contributed by atoms with Crippen LogP contribution >= 0.6 is 0 Å². The first kappa shape index (κ1) is 78.6. The molecule has 0 aliphatic heterocycles. The van der Waals surface area contributed by atoms with Crippen LogP contribution < -0.4 is 0 Å². The maximum absolute atomic E-state index is 12.9. The number of ether oxygens (including phenoxy) is 3. The van der Waals surface area contributed by atoms with E-state index in [1.54, 1.807) is 0 Å². The summed E-state index contributed by atoms with van der Waals surface area (Å²) < 4.78 is 16.9. The Balaban J connectivity index is 4.05. The van der Waals surface area contributed by atoms with Crippen LogP contribution in [0, 0.1) is 0 Å². The van der Waals surface area contributed by atoms with E-state index in [0.29, 0.717) is 19.3 Å². The monoisotopic (exact) mass is 1140 g/mol. The smallest absolute Gasteiger partial charge is 0.306 e. The summed E-state index contributed by atoms with van der Waals surface area (Å²) in [6, 6.07) is 0. The Morgan fingerprint density at radius 2 is 0.457 bits per heavy atom. The van der Waals surface area contributed by atoms with Crippen molar-refractivity contribution in [3.8, 4) is 0 Å². The molecule has 0 bridgehead atoms. The van der Waals surface area contributed by atoms with E-state index in [1.165, 1.54) is 289 Å². The summed E-state index contributed by atoms with van der Waals surface area (Å²) in [7, 11) is 0. The zero-order chi connectivity index (χ0) is 58.5. The van der Waals surface area contributed by atoms with Gasteiger partial charge in [0.15, 0.2) is 6.10 Å². The van der Waals surface area contributed by atoms with Crippen molar-refractivity contribution in [2.24, 2.45) is 0 Å². The number of hydrogen-bond donors (Lipinski definition) is 0. The molecule has 0 fully saturated rings. The third kappa shape index (κ3) is 68.3. The molecular formula is C75H140O6. The van der Waals surface area contributed by atoms with Crippen LogP contribution in [0.4, 0.5) is 0 Å². The quantitative estimate of drug-likeness (QED) is 0.0261. The van der Waals surface area contributed by atoms with Crippen LogP contribution in [-0.2, 0) is 28.6 Å². The first-order valence-electron chi connectivity index (χ1n) is 36.5. The normalized spacial score (nSPS) is 12.2. The zero-order valence-corrected chi connectivity index (χ0v) is 54.8. The Morgan fingerprint density at radius 1 is 0.247 bits per heavy atom. The summed E-state index contributed by atoms with van der Waals surface area (Å²) in [5, 5.41) is 0. The van der Waals surface area contributed by atoms with Gasteiger partial charge in [-0.05, 0) is 70.6 Å². The van der Waals surface area contributed by atoms with Crippen LogP contribution in [0.2, 0.25) is 0 Å². The Labute approximate surface area is 506 Å². The van der Waals surface area contributed by atoms with E-state index in [0.717, 1.165) is 77.0 Å². The average Bonchev–Trinajstić information content (AvgIpc) is 3.47. The van der Waals surface area contributed by atoms with Gasteiger partial charge in [0.1, 0.15) is 13.2 Å². The number of carbonyl (C=O) groups is 3. The molecule has 0 heterocycles. The van der Waals surface area contributed by atoms with Gasteiger partial charge < -0.3 is 14.2 Å². The fourth-order valence-electron chi connectivity index (χ4n) is 11.1. The Kier molecular flexibility index (Phi) is 68.1. The van der Waals surface area contributed by atoms with Gasteiger partial charge in [-0.25, -0.2) is 0 Å². The first-order chi connectivity index (χ1) is 40.0. The van der Waals surface area contributed by atoms with Crippen LogP contribution in [0.15, 0.2) is 36.5 Å². The molecule has 6 nitrogen and oxygen atoms in total. The number of rotatable bonds is 68. The third-order valence-corrected chi connectivity index (χ3v) is 16.6. The largest absolute Gasteiger partial charge is 0.462 e. The fourth-order valence-corrected chi connectivity index (χ4v) is 11.1. The number of allylic oxidation sites excluding steroid dienone is 6. The summed E-state index contributed by atoms with van der Waals surface area (Å²) in [6.07, 6.45) is 87.8. The van der Waals surface area contributed by atoms with Gasteiger partial charge in [0, 0.05) is 19.3 Å². The molecule has 1 atom stereocenters. The lowest BCUT2D eigenvalue weighted by Crippen LogP contribution is -2.30. The van der Waals surface area contributed by atoms with Gasteiger partial charge in [-0.1, -0.05) is 353 Å². The molecule has 0 aromatic carbocycles. The number of unbranched alkanes of at least 4 members (excludes halogenated alkanes) is 51. The molecule has 0 rings (SSSR count). The second-order valence-electron chi connectivity index (χ2n) is 24.9. The lowest BCUT2D eigenvalue weighted by atomic mass is 10.0. The highest BCUT2D eigenvalue weighted by Gasteiger charge is 2.19. The number of carbonyl (C=O) groups excluding carboxylic acids is 3. The summed E-state index contributed by atoms with van der Waals surface area (Å²) in [6.45, 7) is 6.64. The molecule has 0 saturated carbocycles. The Bertz CT molecular complexity index is 1350. The minimum absolute atomic E-state index is 0.0740. The van der Waals surface area contributed by atoms with Gasteiger partial charge >= 0.3 is 17.9 Å². The van der Waals surface area contributed by atoms with E-state index in [1.807, 2.05) is 0 Å². The minimum Gasteiger partial charge on any atom is -0.462 e. The van der Waals surface area contributed by atoms with E-state index in [9.17, 15) is 14.4 Å². The van der Waals surface area contributed by atoms with Crippen molar-refractivity contribution in [1.29, 1.82) is 0 Å². The van der Waals surface area contributed by atoms with E-state index >= 15 is 0 Å². The first-order valence-corrected chi connectivity index (χ1v) is 36.5. The van der Waals surface area contributed by atoms with Gasteiger partial charge in [0.2, 0.25) is 0 Å². The number of esters is 3. The molecule has 0 saturated heterocycles. The second kappa shape index (κ2) is 70.1. The molecule has 476 valence electrons. The highest BCUT2D eigenvalue weighted by atomic mass is 16.6. The third-order valence-electron chi connectivity index (χ3n) is 16.6. The van der Waals surface area contributed by atoms with Crippen LogP contribution in [0.5, 0.6) is 0 Å². The van der Waals surface area contributed by atoms with Crippen LogP contribution in [0.1, 0.15) is 406 Å². The fraction of sp³-hybridized carbons (Fsp3) is 0.880. The molecular weight excluding hydrogens is 997 g/mol. The van der Waals surface area contributed by atoms with Gasteiger partial charge in [-0.3, -0.25) is 14.4 Å². The molecule has 0 aliphatic carbocycles. The molecule has 0 aliphatic rings. The Morgan fingerprint density at radius 3 is 0.741 bits per heavy atom. The molecule has 0 amide bonds. The van der Waals surface area contributed by atoms with Gasteiger partial charge in [-0.2, -0.15) is 0 Å². The second-order valence-corrected chi connectivity index (χ2v) is 24.9. The highest BCUT2D eigenvalue weighted by Crippen LogP contribution is 2.19. The van der Waals surface area contributed by atoms with Crippen molar-refractivity contribution in [2.75, 3.05) is 13.2 Å². The van der Waals surface area contributed by atoms with Crippen molar-refractivity contribution in [3.05, 3.63) is 36.5 Å². The lowest BCUT2D eigenvalue weighted by molar-refractivity contribution is -0.167. The summed E-state index contributed by atoms with van der Waals surface area (Å²) in [5.41, 5.74) is 0. The molecule has 0 spiro atoms. The summed E-state index contributed by atoms with van der Waals surface area (Å²) >= 11 is 0. The van der Waals surface area contributed by atoms with E-state index in [4.69, 9.17) is 14.2 Å². The van der Waals surface area contributed by atoms with Crippen molar-refractivity contribution < 1.29 is 28.6 Å². The molecule has 81 heavy (non-hydrogen) atoms. The van der Waals surface area contributed by atoms with E-state index in [-0.39, 0.29) is 31.1 Å².